The lowest BCUT2D eigenvalue weighted by atomic mass is 10.2. The van der Waals surface area contributed by atoms with Crippen LogP contribution in [0.25, 0.3) is 0 Å². The van der Waals surface area contributed by atoms with Crippen LogP contribution >= 0.6 is 11.6 Å². The van der Waals surface area contributed by atoms with Gasteiger partial charge in [0.15, 0.2) is 11.5 Å². The average Bonchev–Trinajstić information content (AvgIpc) is 2.72. The predicted octanol–water partition coefficient (Wildman–Crippen LogP) is 4.09. The molecule has 0 saturated heterocycles. The van der Waals surface area contributed by atoms with Crippen molar-refractivity contribution in [2.45, 2.75) is 17.9 Å². The molecule has 0 aliphatic carbocycles. The first-order chi connectivity index (χ1) is 11.1. The maximum absolute atomic E-state index is 13.2. The van der Waals surface area contributed by atoms with Gasteiger partial charge in [0, 0.05) is 28.7 Å². The average molecular weight is 355 g/mol. The van der Waals surface area contributed by atoms with Gasteiger partial charge in [-0.25, -0.2) is 4.39 Å². The molecule has 0 bridgehead atoms. The van der Waals surface area contributed by atoms with Crippen molar-refractivity contribution in [2.75, 3.05) is 13.2 Å². The van der Waals surface area contributed by atoms with Crippen LogP contribution < -0.4 is 9.47 Å². The Kier molecular flexibility index (Phi) is 5.18. The van der Waals surface area contributed by atoms with Gasteiger partial charge in [0.2, 0.25) is 0 Å². The number of hydrogen-bond acceptors (Lipinski definition) is 3. The highest BCUT2D eigenvalue weighted by Gasteiger charge is 2.16. The standard InChI is InChI=1S/C17H16ClFO3S/c18-15-8-13(9-16-17(15)22-6-2-5-21-16)11-23(20)10-12-3-1-4-14(19)7-12/h1,3-4,7-9H,2,5-6,10-11H2. The van der Waals surface area contributed by atoms with Crippen molar-refractivity contribution in [2.24, 2.45) is 0 Å². The fourth-order valence-corrected chi connectivity index (χ4v) is 3.90. The van der Waals surface area contributed by atoms with E-state index in [0.717, 1.165) is 12.0 Å². The number of ether oxygens (including phenoxy) is 2. The molecule has 122 valence electrons. The van der Waals surface area contributed by atoms with E-state index in [4.69, 9.17) is 21.1 Å². The van der Waals surface area contributed by atoms with Gasteiger partial charge in [-0.3, -0.25) is 4.21 Å². The second kappa shape index (κ2) is 7.32. The quantitative estimate of drug-likeness (QED) is 0.829. The zero-order valence-corrected chi connectivity index (χ0v) is 14.0. The van der Waals surface area contributed by atoms with E-state index in [1.807, 2.05) is 6.07 Å². The largest absolute Gasteiger partial charge is 0.489 e. The van der Waals surface area contributed by atoms with Crippen LogP contribution in [0.4, 0.5) is 4.39 Å². The van der Waals surface area contributed by atoms with Crippen molar-refractivity contribution in [3.05, 3.63) is 58.4 Å². The molecule has 6 heteroatoms. The van der Waals surface area contributed by atoms with Crippen LogP contribution in [-0.4, -0.2) is 17.4 Å². The van der Waals surface area contributed by atoms with Gasteiger partial charge in [-0.1, -0.05) is 23.7 Å². The first-order valence-electron chi connectivity index (χ1n) is 7.29. The predicted molar refractivity (Wildman–Crippen MR) is 89.0 cm³/mol. The molecular formula is C17H16ClFO3S. The Morgan fingerprint density at radius 3 is 2.70 bits per heavy atom. The van der Waals surface area contributed by atoms with Crippen LogP contribution in [0.15, 0.2) is 36.4 Å². The summed E-state index contributed by atoms with van der Waals surface area (Å²) in [5.41, 5.74) is 1.53. The molecule has 1 atom stereocenters. The molecule has 0 radical (unpaired) electrons. The van der Waals surface area contributed by atoms with Gasteiger partial charge in [0.1, 0.15) is 5.82 Å². The number of halogens is 2. The van der Waals surface area contributed by atoms with Gasteiger partial charge in [0.25, 0.3) is 0 Å². The molecule has 3 rings (SSSR count). The topological polar surface area (TPSA) is 35.5 Å². The van der Waals surface area contributed by atoms with Crippen LogP contribution in [-0.2, 0) is 22.3 Å². The summed E-state index contributed by atoms with van der Waals surface area (Å²) in [7, 11) is -1.17. The second-order valence-corrected chi connectivity index (χ2v) is 7.18. The number of fused-ring (bicyclic) bond motifs is 1. The zero-order chi connectivity index (χ0) is 16.2. The van der Waals surface area contributed by atoms with E-state index in [2.05, 4.69) is 0 Å². The van der Waals surface area contributed by atoms with Crippen molar-refractivity contribution < 1.29 is 18.1 Å². The monoisotopic (exact) mass is 354 g/mol. The third-order valence-corrected chi connectivity index (χ3v) is 5.00. The second-order valence-electron chi connectivity index (χ2n) is 5.31. The van der Waals surface area contributed by atoms with E-state index >= 15 is 0 Å². The molecule has 0 saturated carbocycles. The van der Waals surface area contributed by atoms with E-state index in [1.54, 1.807) is 18.2 Å². The molecule has 23 heavy (non-hydrogen) atoms. The first-order valence-corrected chi connectivity index (χ1v) is 9.16. The van der Waals surface area contributed by atoms with E-state index in [0.29, 0.717) is 46.8 Å². The Balaban J connectivity index is 1.73. The van der Waals surface area contributed by atoms with Gasteiger partial charge < -0.3 is 9.47 Å². The summed E-state index contributed by atoms with van der Waals surface area (Å²) in [6, 6.07) is 9.72. The molecule has 1 heterocycles. The van der Waals surface area contributed by atoms with Crippen LogP contribution in [0.2, 0.25) is 5.02 Å². The Morgan fingerprint density at radius 1 is 1.09 bits per heavy atom. The minimum absolute atomic E-state index is 0.295. The number of rotatable bonds is 4. The van der Waals surface area contributed by atoms with Crippen LogP contribution in [0.3, 0.4) is 0 Å². The maximum Gasteiger partial charge on any atom is 0.179 e. The highest BCUT2D eigenvalue weighted by molar-refractivity contribution is 7.83. The lowest BCUT2D eigenvalue weighted by Gasteiger charge is -2.11. The van der Waals surface area contributed by atoms with Gasteiger partial charge >= 0.3 is 0 Å². The third-order valence-electron chi connectivity index (χ3n) is 3.41. The summed E-state index contributed by atoms with van der Waals surface area (Å²) in [6.07, 6.45) is 0.797. The summed E-state index contributed by atoms with van der Waals surface area (Å²) >= 11 is 6.23. The van der Waals surface area contributed by atoms with Crippen molar-refractivity contribution in [1.29, 1.82) is 0 Å². The van der Waals surface area contributed by atoms with Gasteiger partial charge in [-0.05, 0) is 35.4 Å². The fraction of sp³-hybridized carbons (Fsp3) is 0.294. The molecule has 0 fully saturated rings. The molecule has 1 aliphatic rings. The lowest BCUT2D eigenvalue weighted by Crippen LogP contribution is -2.01. The summed E-state index contributed by atoms with van der Waals surface area (Å²) < 4.78 is 36.7. The summed E-state index contributed by atoms with van der Waals surface area (Å²) in [5, 5.41) is 0.460. The highest BCUT2D eigenvalue weighted by Crippen LogP contribution is 2.38. The van der Waals surface area contributed by atoms with Gasteiger partial charge in [0.05, 0.1) is 18.2 Å². The van der Waals surface area contributed by atoms with Crippen LogP contribution in [0.5, 0.6) is 11.5 Å². The SMILES string of the molecule is O=S(Cc1cccc(F)c1)Cc1cc(Cl)c2c(c1)OCCCO2. The molecule has 0 N–H and O–H groups in total. The van der Waals surface area contributed by atoms with Crippen LogP contribution in [0.1, 0.15) is 17.5 Å². The number of hydrogen-bond donors (Lipinski definition) is 0. The molecule has 0 spiro atoms. The van der Waals surface area contributed by atoms with Crippen LogP contribution in [0, 0.1) is 5.82 Å². The normalized spacial score (nSPS) is 15.0. The van der Waals surface area contributed by atoms with E-state index in [-0.39, 0.29) is 5.82 Å². The van der Waals surface area contributed by atoms with E-state index in [9.17, 15) is 8.60 Å². The maximum atomic E-state index is 13.2. The zero-order valence-electron chi connectivity index (χ0n) is 12.4. The first kappa shape index (κ1) is 16.3. The molecule has 2 aromatic carbocycles. The van der Waals surface area contributed by atoms with E-state index in [1.165, 1.54) is 12.1 Å². The molecule has 0 aromatic heterocycles. The molecule has 3 nitrogen and oxygen atoms in total. The van der Waals surface area contributed by atoms with E-state index < -0.39 is 10.8 Å². The van der Waals surface area contributed by atoms with Gasteiger partial charge in [-0.2, -0.15) is 0 Å². The van der Waals surface area contributed by atoms with Crippen molar-refractivity contribution in [3.63, 3.8) is 0 Å². The Hall–Kier alpha value is -1.59. The minimum Gasteiger partial charge on any atom is -0.489 e. The molecule has 2 aromatic rings. The Bertz CT molecular complexity index is 736. The summed E-state index contributed by atoms with van der Waals surface area (Å²) in [5.74, 6) is 1.44. The third kappa shape index (κ3) is 4.24. The van der Waals surface area contributed by atoms with Crippen molar-refractivity contribution in [1.82, 2.24) is 0 Å². The van der Waals surface area contributed by atoms with Crippen molar-refractivity contribution >= 4 is 22.4 Å². The number of benzene rings is 2. The van der Waals surface area contributed by atoms with Gasteiger partial charge in [-0.15, -0.1) is 0 Å². The fourth-order valence-electron chi connectivity index (χ4n) is 2.42. The Labute approximate surface area is 141 Å². The Morgan fingerprint density at radius 2 is 1.87 bits per heavy atom. The molecular weight excluding hydrogens is 339 g/mol. The van der Waals surface area contributed by atoms with Crippen molar-refractivity contribution in [3.8, 4) is 11.5 Å². The smallest absolute Gasteiger partial charge is 0.179 e. The molecule has 1 aliphatic heterocycles. The molecule has 0 amide bonds. The highest BCUT2D eigenvalue weighted by atomic mass is 35.5. The lowest BCUT2D eigenvalue weighted by molar-refractivity contribution is 0.297. The summed E-state index contributed by atoms with van der Waals surface area (Å²) in [6.45, 7) is 1.14. The summed E-state index contributed by atoms with van der Waals surface area (Å²) in [4.78, 5) is 0. The molecule has 1 unspecified atom stereocenters. The minimum atomic E-state index is -1.17.